The van der Waals surface area contributed by atoms with Gasteiger partial charge < -0.3 is 0 Å². The second-order valence-electron chi connectivity index (χ2n) is 8.36. The Morgan fingerprint density at radius 2 is 1.09 bits per heavy atom. The molecule has 1 fully saturated rings. The third kappa shape index (κ3) is 8.02. The highest BCUT2D eigenvalue weighted by Crippen LogP contribution is 2.46. The SMILES string of the molecule is CCCCCCCCCCCCCC1(C(C)C)CCCCC1. The van der Waals surface area contributed by atoms with Crippen LogP contribution in [-0.2, 0) is 0 Å². The second-order valence-corrected chi connectivity index (χ2v) is 8.36. The molecular formula is C22H44. The van der Waals surface area contributed by atoms with Crippen LogP contribution in [0.3, 0.4) is 0 Å². The number of hydrogen-bond donors (Lipinski definition) is 0. The molecule has 22 heavy (non-hydrogen) atoms. The van der Waals surface area contributed by atoms with Gasteiger partial charge in [0.25, 0.3) is 0 Å². The van der Waals surface area contributed by atoms with Crippen LogP contribution in [0.1, 0.15) is 130 Å². The molecule has 0 bridgehead atoms. The molecular weight excluding hydrogens is 264 g/mol. The van der Waals surface area contributed by atoms with Gasteiger partial charge in [0, 0.05) is 0 Å². The van der Waals surface area contributed by atoms with Crippen LogP contribution in [0.25, 0.3) is 0 Å². The molecule has 132 valence electrons. The van der Waals surface area contributed by atoms with Crippen LogP contribution in [0.5, 0.6) is 0 Å². The summed E-state index contributed by atoms with van der Waals surface area (Å²) >= 11 is 0. The minimum absolute atomic E-state index is 0.720. The zero-order valence-corrected chi connectivity index (χ0v) is 16.1. The van der Waals surface area contributed by atoms with E-state index >= 15 is 0 Å². The van der Waals surface area contributed by atoms with Crippen molar-refractivity contribution in [1.82, 2.24) is 0 Å². The highest BCUT2D eigenvalue weighted by molar-refractivity contribution is 4.85. The summed E-state index contributed by atoms with van der Waals surface area (Å²) in [6, 6.07) is 0. The molecule has 0 amide bonds. The highest BCUT2D eigenvalue weighted by atomic mass is 14.4. The van der Waals surface area contributed by atoms with Crippen molar-refractivity contribution in [2.45, 2.75) is 130 Å². The Kier molecular flexibility index (Phi) is 11.3. The van der Waals surface area contributed by atoms with Crippen molar-refractivity contribution >= 4 is 0 Å². The van der Waals surface area contributed by atoms with Gasteiger partial charge >= 0.3 is 0 Å². The van der Waals surface area contributed by atoms with E-state index in [4.69, 9.17) is 0 Å². The first-order valence-corrected chi connectivity index (χ1v) is 10.7. The van der Waals surface area contributed by atoms with Gasteiger partial charge in [-0.05, 0) is 30.6 Å². The fourth-order valence-corrected chi connectivity index (χ4v) is 4.51. The largest absolute Gasteiger partial charge is 0.0654 e. The standard InChI is InChI=1S/C22H44/c1-4-5-6-7-8-9-10-11-12-13-15-18-22(21(2)3)19-16-14-17-20-22/h21H,4-20H2,1-3H3. The Balaban J connectivity index is 1.96. The van der Waals surface area contributed by atoms with E-state index in [0.717, 1.165) is 11.3 Å². The maximum atomic E-state index is 2.48. The Morgan fingerprint density at radius 3 is 1.55 bits per heavy atom. The summed E-state index contributed by atoms with van der Waals surface area (Å²) in [6.07, 6.45) is 25.2. The molecule has 0 N–H and O–H groups in total. The van der Waals surface area contributed by atoms with Crippen molar-refractivity contribution in [3.63, 3.8) is 0 Å². The van der Waals surface area contributed by atoms with Crippen molar-refractivity contribution < 1.29 is 0 Å². The van der Waals surface area contributed by atoms with Gasteiger partial charge in [-0.3, -0.25) is 0 Å². The molecule has 0 unspecified atom stereocenters. The predicted octanol–water partition coefficient (Wildman–Crippen LogP) is 8.29. The van der Waals surface area contributed by atoms with Crippen molar-refractivity contribution in [2.24, 2.45) is 11.3 Å². The Bertz CT molecular complexity index is 234. The molecule has 0 heteroatoms. The minimum atomic E-state index is 0.720. The van der Waals surface area contributed by atoms with Gasteiger partial charge in [-0.15, -0.1) is 0 Å². The first kappa shape index (κ1) is 20.0. The van der Waals surface area contributed by atoms with E-state index in [9.17, 15) is 0 Å². The number of unbranched alkanes of at least 4 members (excludes halogenated alkanes) is 10. The number of rotatable bonds is 13. The molecule has 1 aliphatic carbocycles. The van der Waals surface area contributed by atoms with Crippen LogP contribution in [0.15, 0.2) is 0 Å². The highest BCUT2D eigenvalue weighted by Gasteiger charge is 2.34. The third-order valence-corrected chi connectivity index (χ3v) is 6.35. The van der Waals surface area contributed by atoms with E-state index in [2.05, 4.69) is 20.8 Å². The molecule has 1 aliphatic rings. The lowest BCUT2D eigenvalue weighted by molar-refractivity contribution is 0.101. The van der Waals surface area contributed by atoms with Crippen LogP contribution in [0.4, 0.5) is 0 Å². The lowest BCUT2D eigenvalue weighted by atomic mass is 9.64. The predicted molar refractivity (Wildman–Crippen MR) is 101 cm³/mol. The van der Waals surface area contributed by atoms with Crippen LogP contribution in [0.2, 0.25) is 0 Å². The molecule has 0 atom stereocenters. The van der Waals surface area contributed by atoms with Gasteiger partial charge in [0.1, 0.15) is 0 Å². The Labute approximate surface area is 141 Å². The summed E-state index contributed by atoms with van der Waals surface area (Å²) in [6.45, 7) is 7.25. The average molecular weight is 309 g/mol. The summed E-state index contributed by atoms with van der Waals surface area (Å²) in [5, 5.41) is 0. The monoisotopic (exact) mass is 308 g/mol. The molecule has 0 heterocycles. The second kappa shape index (κ2) is 12.4. The van der Waals surface area contributed by atoms with Gasteiger partial charge in [-0.25, -0.2) is 0 Å². The van der Waals surface area contributed by atoms with Crippen molar-refractivity contribution in [2.75, 3.05) is 0 Å². The van der Waals surface area contributed by atoms with Gasteiger partial charge in [0.15, 0.2) is 0 Å². The van der Waals surface area contributed by atoms with Crippen molar-refractivity contribution in [1.29, 1.82) is 0 Å². The fraction of sp³-hybridized carbons (Fsp3) is 1.00. The zero-order chi connectivity index (χ0) is 16.1. The topological polar surface area (TPSA) is 0 Å². The quantitative estimate of drug-likeness (QED) is 0.300. The summed E-state index contributed by atoms with van der Waals surface area (Å²) in [5.41, 5.74) is 0.720. The van der Waals surface area contributed by atoms with Crippen molar-refractivity contribution in [3.05, 3.63) is 0 Å². The van der Waals surface area contributed by atoms with Gasteiger partial charge in [-0.1, -0.05) is 111 Å². The smallest absolute Gasteiger partial charge is 0.0274 e. The molecule has 0 radical (unpaired) electrons. The van der Waals surface area contributed by atoms with Crippen molar-refractivity contribution in [3.8, 4) is 0 Å². The molecule has 0 nitrogen and oxygen atoms in total. The summed E-state index contributed by atoms with van der Waals surface area (Å²) in [5.74, 6) is 0.899. The van der Waals surface area contributed by atoms with Crippen LogP contribution >= 0.6 is 0 Å². The summed E-state index contributed by atoms with van der Waals surface area (Å²) < 4.78 is 0. The number of hydrogen-bond acceptors (Lipinski definition) is 0. The van der Waals surface area contributed by atoms with E-state index in [-0.39, 0.29) is 0 Å². The van der Waals surface area contributed by atoms with E-state index < -0.39 is 0 Å². The Morgan fingerprint density at radius 1 is 0.636 bits per heavy atom. The molecule has 0 aliphatic heterocycles. The maximum Gasteiger partial charge on any atom is -0.0274 e. The van der Waals surface area contributed by atoms with Crippen LogP contribution in [0, 0.1) is 11.3 Å². The molecule has 0 aromatic rings. The summed E-state index contributed by atoms with van der Waals surface area (Å²) in [4.78, 5) is 0. The zero-order valence-electron chi connectivity index (χ0n) is 16.1. The summed E-state index contributed by atoms with van der Waals surface area (Å²) in [7, 11) is 0. The first-order chi connectivity index (χ1) is 10.7. The lowest BCUT2D eigenvalue weighted by Gasteiger charge is -2.41. The lowest BCUT2D eigenvalue weighted by Crippen LogP contribution is -2.29. The van der Waals surface area contributed by atoms with E-state index in [1.165, 1.54) is 109 Å². The normalized spacial score (nSPS) is 18.0. The minimum Gasteiger partial charge on any atom is -0.0654 e. The maximum absolute atomic E-state index is 2.48. The molecule has 0 saturated heterocycles. The van der Waals surface area contributed by atoms with Gasteiger partial charge in [0.2, 0.25) is 0 Å². The van der Waals surface area contributed by atoms with E-state index in [0.29, 0.717) is 0 Å². The first-order valence-electron chi connectivity index (χ1n) is 10.7. The molecule has 0 aromatic carbocycles. The molecule has 0 spiro atoms. The van der Waals surface area contributed by atoms with Gasteiger partial charge in [-0.2, -0.15) is 0 Å². The average Bonchev–Trinajstić information content (AvgIpc) is 2.53. The van der Waals surface area contributed by atoms with E-state index in [1.54, 1.807) is 0 Å². The van der Waals surface area contributed by atoms with Crippen LogP contribution in [-0.4, -0.2) is 0 Å². The molecule has 0 aromatic heterocycles. The third-order valence-electron chi connectivity index (χ3n) is 6.35. The van der Waals surface area contributed by atoms with Gasteiger partial charge in [0.05, 0.1) is 0 Å². The molecule has 1 rings (SSSR count). The fourth-order valence-electron chi connectivity index (χ4n) is 4.51. The molecule has 1 saturated carbocycles. The van der Waals surface area contributed by atoms with Crippen LogP contribution < -0.4 is 0 Å². The Hall–Kier alpha value is 0. The van der Waals surface area contributed by atoms with E-state index in [1.807, 2.05) is 0 Å².